The number of likely N-dealkylation sites (N-methyl/N-ethyl adjacent to an activating group) is 1. The van der Waals surface area contributed by atoms with Crippen molar-refractivity contribution in [3.8, 4) is 5.75 Å². The van der Waals surface area contributed by atoms with Crippen molar-refractivity contribution in [1.29, 1.82) is 0 Å². The highest BCUT2D eigenvalue weighted by atomic mass is 79.9. The molecule has 0 saturated carbocycles. The average molecular weight is 658 g/mol. The Balaban J connectivity index is 1.65. The van der Waals surface area contributed by atoms with Crippen LogP contribution in [0.15, 0.2) is 83.3 Å². The number of anilines is 2. The van der Waals surface area contributed by atoms with E-state index >= 15 is 0 Å². The van der Waals surface area contributed by atoms with Gasteiger partial charge in [-0.15, -0.1) is 0 Å². The molecule has 2 atom stereocenters. The first-order chi connectivity index (χ1) is 21.1. The van der Waals surface area contributed by atoms with E-state index in [-0.39, 0.29) is 36.6 Å². The maximum Gasteiger partial charge on any atom is 0.258 e. The van der Waals surface area contributed by atoms with Crippen molar-refractivity contribution in [2.75, 3.05) is 30.5 Å². The molecule has 0 saturated heterocycles. The second-order valence-electron chi connectivity index (χ2n) is 10.6. The van der Waals surface area contributed by atoms with Crippen LogP contribution in [-0.2, 0) is 16.1 Å². The number of hydrogen-bond acceptors (Lipinski definition) is 6. The Bertz CT molecular complexity index is 1760. The van der Waals surface area contributed by atoms with Crippen LogP contribution in [0.25, 0.3) is 10.8 Å². The van der Waals surface area contributed by atoms with Crippen LogP contribution in [0, 0.1) is 0 Å². The molecule has 5 rings (SSSR count). The van der Waals surface area contributed by atoms with E-state index in [4.69, 9.17) is 4.74 Å². The summed E-state index contributed by atoms with van der Waals surface area (Å²) < 4.78 is 6.65. The summed E-state index contributed by atoms with van der Waals surface area (Å²) in [4.78, 5) is 56.6. The molecule has 1 aliphatic rings. The summed E-state index contributed by atoms with van der Waals surface area (Å²) in [5, 5.41) is 7.63. The van der Waals surface area contributed by atoms with Gasteiger partial charge in [-0.2, -0.15) is 0 Å². The molecule has 10 heteroatoms. The van der Waals surface area contributed by atoms with Crippen LogP contribution >= 0.6 is 15.9 Å². The van der Waals surface area contributed by atoms with Crippen LogP contribution < -0.4 is 25.2 Å². The summed E-state index contributed by atoms with van der Waals surface area (Å²) in [5.74, 6) is -0.613. The molecular weight excluding hydrogens is 624 g/mol. The number of methoxy groups -OCH3 is 1. The van der Waals surface area contributed by atoms with E-state index in [0.29, 0.717) is 28.3 Å². The Kier molecular flexibility index (Phi) is 9.12. The molecule has 9 nitrogen and oxygen atoms in total. The molecule has 226 valence electrons. The Morgan fingerprint density at radius 3 is 2.27 bits per heavy atom. The summed E-state index contributed by atoms with van der Waals surface area (Å²) in [6, 6.07) is 21.6. The lowest BCUT2D eigenvalue weighted by Crippen LogP contribution is -2.55. The highest BCUT2D eigenvalue weighted by Crippen LogP contribution is 2.38. The molecule has 2 unspecified atom stereocenters. The maximum absolute atomic E-state index is 14.5. The minimum atomic E-state index is -1.06. The van der Waals surface area contributed by atoms with Gasteiger partial charge in [-0.3, -0.25) is 19.2 Å². The van der Waals surface area contributed by atoms with Crippen molar-refractivity contribution in [3.05, 3.63) is 100 Å². The first-order valence-electron chi connectivity index (χ1n) is 14.2. The van der Waals surface area contributed by atoms with E-state index in [1.165, 1.54) is 11.8 Å². The largest absolute Gasteiger partial charge is 0.496 e. The third-order valence-electron chi connectivity index (χ3n) is 7.93. The van der Waals surface area contributed by atoms with E-state index < -0.39 is 12.1 Å². The summed E-state index contributed by atoms with van der Waals surface area (Å²) in [7, 11) is 3.24. The number of nitrogens with zero attached hydrogens (tertiary/aromatic N) is 2. The van der Waals surface area contributed by atoms with Crippen LogP contribution in [0.3, 0.4) is 0 Å². The first-order valence-corrected chi connectivity index (χ1v) is 15.0. The summed E-state index contributed by atoms with van der Waals surface area (Å²) in [6.45, 7) is 3.18. The van der Waals surface area contributed by atoms with Crippen LogP contribution in [-0.4, -0.2) is 56.3 Å². The molecule has 44 heavy (non-hydrogen) atoms. The van der Waals surface area contributed by atoms with Gasteiger partial charge in [0.05, 0.1) is 37.6 Å². The van der Waals surface area contributed by atoms with Crippen LogP contribution in [0.4, 0.5) is 11.4 Å². The fourth-order valence-electron chi connectivity index (χ4n) is 5.35. The van der Waals surface area contributed by atoms with Gasteiger partial charge >= 0.3 is 0 Å². The number of ketones is 1. The number of benzene rings is 4. The first kappa shape index (κ1) is 30.9. The number of ether oxygens (including phenoxy) is 1. The molecule has 1 aliphatic heterocycles. The number of amides is 3. The lowest BCUT2D eigenvalue weighted by molar-refractivity contribution is -0.128. The van der Waals surface area contributed by atoms with Gasteiger partial charge in [0.15, 0.2) is 5.78 Å². The van der Waals surface area contributed by atoms with Crippen molar-refractivity contribution in [1.82, 2.24) is 10.6 Å². The van der Waals surface area contributed by atoms with Crippen molar-refractivity contribution in [2.45, 2.75) is 32.5 Å². The zero-order valence-corrected chi connectivity index (χ0v) is 26.5. The molecular formula is C34H33BrN4O5. The third-order valence-corrected chi connectivity index (χ3v) is 8.62. The summed E-state index contributed by atoms with van der Waals surface area (Å²) in [5.41, 5.74) is 2.64. The fourth-order valence-corrected chi connectivity index (χ4v) is 5.85. The molecule has 0 aliphatic carbocycles. The maximum atomic E-state index is 14.5. The molecule has 4 aromatic rings. The van der Waals surface area contributed by atoms with E-state index in [1.807, 2.05) is 36.4 Å². The van der Waals surface area contributed by atoms with Gasteiger partial charge in [-0.25, -0.2) is 0 Å². The van der Waals surface area contributed by atoms with E-state index in [2.05, 4.69) is 26.6 Å². The summed E-state index contributed by atoms with van der Waals surface area (Å²) in [6.07, 6.45) is 0. The van der Waals surface area contributed by atoms with Crippen LogP contribution in [0.5, 0.6) is 5.75 Å². The van der Waals surface area contributed by atoms with Gasteiger partial charge < -0.3 is 25.2 Å². The monoisotopic (exact) mass is 656 g/mol. The van der Waals surface area contributed by atoms with Crippen molar-refractivity contribution in [2.24, 2.45) is 0 Å². The zero-order valence-electron chi connectivity index (χ0n) is 24.9. The lowest BCUT2D eigenvalue weighted by atomic mass is 10.0. The SMILES string of the molecule is CNC(C)C(=O)NC1CN(C(=O)c2ccc(C(C)=O)cc2)c2ccccc2N(Cc2c(OC)ccc3c(Br)cccc23)C1=O. The molecule has 0 aromatic heterocycles. The number of nitrogens with one attached hydrogen (secondary N) is 2. The Labute approximate surface area is 264 Å². The highest BCUT2D eigenvalue weighted by Gasteiger charge is 2.38. The van der Waals surface area contributed by atoms with Gasteiger partial charge in [-0.05, 0) is 74.1 Å². The second kappa shape index (κ2) is 13.0. The lowest BCUT2D eigenvalue weighted by Gasteiger charge is -2.27. The van der Waals surface area contributed by atoms with Crippen molar-refractivity contribution >= 4 is 61.6 Å². The minimum Gasteiger partial charge on any atom is -0.496 e. The molecule has 1 heterocycles. The number of carbonyl (C=O) groups is 4. The van der Waals surface area contributed by atoms with Gasteiger partial charge in [-0.1, -0.05) is 52.3 Å². The normalized spacial score (nSPS) is 15.4. The topological polar surface area (TPSA) is 108 Å². The highest BCUT2D eigenvalue weighted by molar-refractivity contribution is 9.10. The van der Waals surface area contributed by atoms with E-state index in [0.717, 1.165) is 20.8 Å². The Morgan fingerprint density at radius 1 is 0.932 bits per heavy atom. The van der Waals surface area contributed by atoms with Crippen molar-refractivity contribution < 1.29 is 23.9 Å². The third kappa shape index (κ3) is 5.95. The molecule has 2 N–H and O–H groups in total. The Morgan fingerprint density at radius 2 is 1.61 bits per heavy atom. The van der Waals surface area contributed by atoms with Gasteiger partial charge in [0, 0.05) is 21.2 Å². The number of halogens is 1. The second-order valence-corrected chi connectivity index (χ2v) is 11.5. The predicted octanol–water partition coefficient (Wildman–Crippen LogP) is 5.10. The van der Waals surface area contributed by atoms with E-state index in [1.54, 1.807) is 68.4 Å². The molecule has 0 spiro atoms. The number of rotatable bonds is 8. The van der Waals surface area contributed by atoms with Crippen LogP contribution in [0.2, 0.25) is 0 Å². The zero-order chi connectivity index (χ0) is 31.5. The number of carbonyl (C=O) groups excluding carboxylic acids is 4. The molecule has 3 amide bonds. The number of para-hydroxylation sites is 2. The van der Waals surface area contributed by atoms with E-state index in [9.17, 15) is 19.2 Å². The molecule has 4 aromatic carbocycles. The predicted molar refractivity (Wildman–Crippen MR) is 174 cm³/mol. The van der Waals surface area contributed by atoms with Gasteiger partial charge in [0.2, 0.25) is 5.91 Å². The number of Topliss-reactive ketones (excluding diaryl/α,β-unsaturated/α-hetero) is 1. The van der Waals surface area contributed by atoms with Crippen LogP contribution in [0.1, 0.15) is 40.1 Å². The van der Waals surface area contributed by atoms with Crippen molar-refractivity contribution in [3.63, 3.8) is 0 Å². The quantitative estimate of drug-likeness (QED) is 0.256. The Hall–Kier alpha value is -4.54. The smallest absolute Gasteiger partial charge is 0.258 e. The summed E-state index contributed by atoms with van der Waals surface area (Å²) >= 11 is 3.63. The molecule has 0 radical (unpaired) electrons. The fraction of sp³-hybridized carbons (Fsp3) is 0.235. The average Bonchev–Trinajstić information content (AvgIpc) is 3.15. The van der Waals surface area contributed by atoms with Gasteiger partial charge in [0.25, 0.3) is 11.8 Å². The number of hydrogen-bond donors (Lipinski definition) is 2. The standard InChI is InChI=1S/C34H33BrN4O5/c1-20(36-3)32(41)37-28-19-39(33(42)23-14-12-22(13-15-23)21(2)40)30-11-6-5-10-29(30)38(34(28)43)18-26-24-8-7-9-27(35)25(24)16-17-31(26)44-4/h5-17,20,28,36H,18-19H2,1-4H3,(H,37,41). The minimum absolute atomic E-state index is 0.0972. The molecule has 0 bridgehead atoms. The molecule has 0 fully saturated rings. The van der Waals surface area contributed by atoms with Gasteiger partial charge in [0.1, 0.15) is 11.8 Å². The number of fused-ring (bicyclic) bond motifs is 2.